The summed E-state index contributed by atoms with van der Waals surface area (Å²) in [6.45, 7) is 6.39. The normalized spacial score (nSPS) is 14.1. The molecule has 0 aliphatic heterocycles. The van der Waals surface area contributed by atoms with E-state index in [1.54, 1.807) is 23.0 Å². The fraction of sp³-hybridized carbons (Fsp3) is 0.700. The minimum absolute atomic E-state index is 0.508. The van der Waals surface area contributed by atoms with Gasteiger partial charge in [0.2, 0.25) is 8.32 Å². The summed E-state index contributed by atoms with van der Waals surface area (Å²) in [7, 11) is -2.17. The second-order valence-corrected chi connectivity index (χ2v) is 9.21. The van der Waals surface area contributed by atoms with Crippen LogP contribution in [-0.2, 0) is 11.0 Å². The van der Waals surface area contributed by atoms with Gasteiger partial charge < -0.3 is 4.43 Å². The van der Waals surface area contributed by atoms with Crippen LogP contribution < -0.4 is 0 Å². The minimum atomic E-state index is -2.17. The molecule has 0 saturated heterocycles. The molecule has 15 heavy (non-hydrogen) atoms. The van der Waals surface area contributed by atoms with Gasteiger partial charge in [0.15, 0.2) is 0 Å². The zero-order chi connectivity index (χ0) is 11.3. The lowest BCUT2D eigenvalue weighted by molar-refractivity contribution is 0.253. The van der Waals surface area contributed by atoms with E-state index in [2.05, 4.69) is 4.98 Å². The number of aromatic nitrogens is 1. The Kier molecular flexibility index (Phi) is 4.88. The number of hydrogen-bond acceptors (Lipinski definition) is 3. The molecule has 86 valence electrons. The third kappa shape index (κ3) is 4.00. The summed E-state index contributed by atoms with van der Waals surface area (Å²) >= 11 is 1.55. The molecule has 0 radical (unpaired) electrons. The molecule has 0 bridgehead atoms. The van der Waals surface area contributed by atoms with Gasteiger partial charge in [0.25, 0.3) is 0 Å². The first-order chi connectivity index (χ1) is 7.06. The highest BCUT2D eigenvalue weighted by Gasteiger charge is 2.33. The average Bonchev–Trinajstić information content (AvgIpc) is 2.68. The van der Waals surface area contributed by atoms with Crippen molar-refractivity contribution < 1.29 is 8.82 Å². The maximum atomic E-state index is 13.7. The first kappa shape index (κ1) is 12.8. The highest BCUT2D eigenvalue weighted by Crippen LogP contribution is 2.20. The summed E-state index contributed by atoms with van der Waals surface area (Å²) < 4.78 is 19.5. The van der Waals surface area contributed by atoms with Crippen molar-refractivity contribution >= 4 is 19.7 Å². The van der Waals surface area contributed by atoms with Crippen molar-refractivity contribution in [2.45, 2.75) is 45.3 Å². The van der Waals surface area contributed by atoms with E-state index in [1.165, 1.54) is 0 Å². The second-order valence-electron chi connectivity index (χ2n) is 4.12. The van der Waals surface area contributed by atoms with Crippen LogP contribution in [0.1, 0.15) is 24.6 Å². The van der Waals surface area contributed by atoms with E-state index in [1.807, 2.05) is 20.0 Å². The highest BCUT2D eigenvalue weighted by atomic mass is 32.1. The van der Waals surface area contributed by atoms with Gasteiger partial charge >= 0.3 is 0 Å². The van der Waals surface area contributed by atoms with E-state index >= 15 is 0 Å². The topological polar surface area (TPSA) is 22.1 Å². The molecule has 1 heterocycles. The van der Waals surface area contributed by atoms with Crippen LogP contribution in [0.2, 0.25) is 13.1 Å². The molecular formula is C10H18FNOSSi. The predicted molar refractivity (Wildman–Crippen MR) is 64.2 cm³/mol. The van der Waals surface area contributed by atoms with Gasteiger partial charge in [0.1, 0.15) is 5.79 Å². The number of hydrogen-bond donors (Lipinski definition) is 0. The Hall–Kier alpha value is -0.263. The molecule has 1 atom stereocenters. The van der Waals surface area contributed by atoms with E-state index < -0.39 is 14.1 Å². The van der Waals surface area contributed by atoms with E-state index in [0.717, 1.165) is 11.3 Å². The quantitative estimate of drug-likeness (QED) is 0.717. The van der Waals surface area contributed by atoms with Crippen molar-refractivity contribution in [1.82, 2.24) is 4.98 Å². The summed E-state index contributed by atoms with van der Waals surface area (Å²) in [5, 5.41) is 0. The third-order valence-corrected chi connectivity index (χ3v) is 5.81. The Balaban J connectivity index is 2.41. The molecule has 0 N–H and O–H groups in total. The molecule has 1 aromatic rings. The Morgan fingerprint density at radius 1 is 1.60 bits per heavy atom. The maximum absolute atomic E-state index is 13.7. The summed E-state index contributed by atoms with van der Waals surface area (Å²) in [4.78, 5) is 5.03. The van der Waals surface area contributed by atoms with Gasteiger partial charge in [-0.05, 0) is 19.5 Å². The third-order valence-electron chi connectivity index (χ3n) is 2.37. The Labute approximate surface area is 95.6 Å². The number of halogens is 1. The fourth-order valence-electron chi connectivity index (χ4n) is 1.26. The number of rotatable bonds is 6. The zero-order valence-electron chi connectivity index (χ0n) is 9.50. The molecule has 1 aromatic heterocycles. The first-order valence-corrected chi connectivity index (χ1v) is 9.08. The molecule has 0 amide bonds. The van der Waals surface area contributed by atoms with Crippen LogP contribution in [0.3, 0.4) is 0 Å². The fourth-order valence-corrected chi connectivity index (χ4v) is 3.56. The zero-order valence-corrected chi connectivity index (χ0v) is 11.3. The summed E-state index contributed by atoms with van der Waals surface area (Å²) in [6.07, 6.45) is 3.27. The smallest absolute Gasteiger partial charge is 0.221 e. The number of thiazole rings is 1. The van der Waals surface area contributed by atoms with Crippen LogP contribution in [0.15, 0.2) is 11.7 Å². The molecule has 0 aliphatic carbocycles. The van der Waals surface area contributed by atoms with E-state index in [0.29, 0.717) is 13.0 Å². The summed E-state index contributed by atoms with van der Waals surface area (Å²) in [5.41, 5.74) is 1.77. The minimum Gasteiger partial charge on any atom is -0.409 e. The van der Waals surface area contributed by atoms with Gasteiger partial charge in [-0.1, -0.05) is 13.3 Å². The first-order valence-electron chi connectivity index (χ1n) is 5.21. The number of nitrogens with zero attached hydrogens (tertiary/aromatic N) is 1. The van der Waals surface area contributed by atoms with Crippen molar-refractivity contribution in [3.63, 3.8) is 0 Å². The molecule has 0 saturated carbocycles. The van der Waals surface area contributed by atoms with Crippen molar-refractivity contribution in [3.8, 4) is 0 Å². The van der Waals surface area contributed by atoms with Gasteiger partial charge in [-0.2, -0.15) is 0 Å². The largest absolute Gasteiger partial charge is 0.409 e. The molecular weight excluding hydrogens is 229 g/mol. The number of alkyl halides is 1. The maximum Gasteiger partial charge on any atom is 0.221 e. The van der Waals surface area contributed by atoms with E-state index in [9.17, 15) is 4.39 Å². The van der Waals surface area contributed by atoms with Crippen LogP contribution in [0.5, 0.6) is 0 Å². The van der Waals surface area contributed by atoms with Crippen molar-refractivity contribution in [3.05, 3.63) is 16.6 Å². The van der Waals surface area contributed by atoms with Gasteiger partial charge in [0.05, 0.1) is 12.1 Å². The van der Waals surface area contributed by atoms with Crippen LogP contribution in [0.25, 0.3) is 0 Å². The van der Waals surface area contributed by atoms with Crippen LogP contribution >= 0.6 is 11.3 Å². The Bertz CT molecular complexity index is 279. The lowest BCUT2D eigenvalue weighted by Gasteiger charge is -2.26. The lowest BCUT2D eigenvalue weighted by Crippen LogP contribution is -2.41. The standard InChI is InChI=1S/C10H18FNOSSi/c1-4-5-10(11)15(2,3)13-7-9-6-12-8-14-9/h6,8,10H,4-5,7H2,1-3H3. The Morgan fingerprint density at radius 2 is 2.33 bits per heavy atom. The molecule has 0 aliphatic rings. The van der Waals surface area contributed by atoms with Gasteiger partial charge in [-0.3, -0.25) is 4.98 Å². The average molecular weight is 247 g/mol. The van der Waals surface area contributed by atoms with E-state index in [4.69, 9.17) is 4.43 Å². The molecule has 1 unspecified atom stereocenters. The molecule has 5 heteroatoms. The summed E-state index contributed by atoms with van der Waals surface area (Å²) in [5.74, 6) is -0.768. The van der Waals surface area contributed by atoms with Crippen LogP contribution in [0, 0.1) is 0 Å². The van der Waals surface area contributed by atoms with Crippen molar-refractivity contribution in [2.75, 3.05) is 0 Å². The SMILES string of the molecule is CCCC(F)[Si](C)(C)OCc1cncs1. The molecule has 0 spiro atoms. The van der Waals surface area contributed by atoms with Crippen LogP contribution in [-0.4, -0.2) is 19.1 Å². The van der Waals surface area contributed by atoms with Crippen molar-refractivity contribution in [2.24, 2.45) is 0 Å². The van der Waals surface area contributed by atoms with E-state index in [-0.39, 0.29) is 0 Å². The van der Waals surface area contributed by atoms with Gasteiger partial charge in [0, 0.05) is 11.1 Å². The summed E-state index contributed by atoms with van der Waals surface area (Å²) in [6, 6.07) is 0. The molecule has 1 rings (SSSR count). The Morgan fingerprint density at radius 3 is 2.87 bits per heavy atom. The molecule has 0 fully saturated rings. The lowest BCUT2D eigenvalue weighted by atomic mass is 10.4. The van der Waals surface area contributed by atoms with Gasteiger partial charge in [-0.15, -0.1) is 11.3 Å². The van der Waals surface area contributed by atoms with Gasteiger partial charge in [-0.25, -0.2) is 4.39 Å². The molecule has 2 nitrogen and oxygen atoms in total. The highest BCUT2D eigenvalue weighted by molar-refractivity contribution is 7.09. The predicted octanol–water partition coefficient (Wildman–Crippen LogP) is 3.54. The second kappa shape index (κ2) is 5.72. The molecule has 0 aromatic carbocycles. The monoisotopic (exact) mass is 247 g/mol. The van der Waals surface area contributed by atoms with Crippen molar-refractivity contribution in [1.29, 1.82) is 0 Å². The van der Waals surface area contributed by atoms with Crippen LogP contribution in [0.4, 0.5) is 4.39 Å².